The van der Waals surface area contributed by atoms with Crippen molar-refractivity contribution >= 4 is 5.69 Å². The largest absolute Gasteiger partial charge is 0.467 e. The van der Waals surface area contributed by atoms with E-state index in [-0.39, 0.29) is 6.79 Å². The molecular formula is C16H24N2O3. The molecule has 1 saturated carbocycles. The van der Waals surface area contributed by atoms with E-state index in [0.717, 1.165) is 54.8 Å². The minimum absolute atomic E-state index is 0.289. The van der Waals surface area contributed by atoms with Gasteiger partial charge in [-0.2, -0.15) is 0 Å². The maximum atomic E-state index is 10.5. The van der Waals surface area contributed by atoms with Crippen molar-refractivity contribution in [2.75, 3.05) is 26.1 Å². The van der Waals surface area contributed by atoms with Gasteiger partial charge in [-0.1, -0.05) is 12.8 Å². The third kappa shape index (κ3) is 3.31. The summed E-state index contributed by atoms with van der Waals surface area (Å²) in [5.74, 6) is 0.890. The fraction of sp³-hybridized carbons (Fsp3) is 0.625. The highest BCUT2D eigenvalue weighted by Gasteiger charge is 2.32. The Bertz CT molecular complexity index is 512. The second-order valence-electron chi connectivity index (χ2n) is 6.38. The van der Waals surface area contributed by atoms with Gasteiger partial charge in [0.2, 0.25) is 0 Å². The molecule has 0 radical (unpaired) electrons. The zero-order valence-electron chi connectivity index (χ0n) is 12.6. The lowest BCUT2D eigenvalue weighted by Gasteiger charge is -2.30. The lowest BCUT2D eigenvalue weighted by molar-refractivity contribution is -0.0181. The smallest absolute Gasteiger partial charge is 0.189 e. The highest BCUT2D eigenvalue weighted by atomic mass is 16.7. The van der Waals surface area contributed by atoms with E-state index in [1.807, 2.05) is 19.2 Å². The average molecular weight is 292 g/mol. The molecule has 1 aliphatic heterocycles. The van der Waals surface area contributed by atoms with Crippen molar-refractivity contribution in [3.8, 4) is 5.75 Å². The number of hydrogen-bond acceptors (Lipinski definition) is 5. The summed E-state index contributed by atoms with van der Waals surface area (Å²) in [6.45, 7) is 2.24. The predicted molar refractivity (Wildman–Crippen MR) is 80.9 cm³/mol. The molecule has 1 heterocycles. The molecule has 3 N–H and O–H groups in total. The van der Waals surface area contributed by atoms with Crippen molar-refractivity contribution in [2.24, 2.45) is 0 Å². The van der Waals surface area contributed by atoms with E-state index < -0.39 is 5.60 Å². The number of benzene rings is 1. The first kappa shape index (κ1) is 14.6. The molecule has 2 aliphatic rings. The van der Waals surface area contributed by atoms with Gasteiger partial charge >= 0.3 is 0 Å². The summed E-state index contributed by atoms with van der Waals surface area (Å²) in [5, 5.41) is 10.5. The first-order chi connectivity index (χ1) is 10.1. The molecule has 3 rings (SSSR count). The number of nitrogens with zero attached hydrogens (tertiary/aromatic N) is 1. The second-order valence-corrected chi connectivity index (χ2v) is 6.38. The van der Waals surface area contributed by atoms with Crippen LogP contribution in [0.5, 0.6) is 5.75 Å². The van der Waals surface area contributed by atoms with Crippen LogP contribution < -0.4 is 10.5 Å². The van der Waals surface area contributed by atoms with Gasteiger partial charge in [-0.05, 0) is 32.0 Å². The summed E-state index contributed by atoms with van der Waals surface area (Å²) >= 11 is 0. The van der Waals surface area contributed by atoms with Crippen molar-refractivity contribution in [2.45, 2.75) is 44.4 Å². The first-order valence-electron chi connectivity index (χ1n) is 7.58. The minimum Gasteiger partial charge on any atom is -0.467 e. The number of anilines is 1. The van der Waals surface area contributed by atoms with Gasteiger partial charge in [0.15, 0.2) is 6.79 Å². The number of nitrogen functional groups attached to an aromatic ring is 1. The van der Waals surface area contributed by atoms with Crippen molar-refractivity contribution in [3.63, 3.8) is 0 Å². The van der Waals surface area contributed by atoms with E-state index in [2.05, 4.69) is 4.90 Å². The van der Waals surface area contributed by atoms with Crippen LogP contribution in [0, 0.1) is 0 Å². The van der Waals surface area contributed by atoms with Gasteiger partial charge in [0, 0.05) is 29.9 Å². The van der Waals surface area contributed by atoms with Gasteiger partial charge in [0.05, 0.1) is 12.2 Å². The highest BCUT2D eigenvalue weighted by molar-refractivity contribution is 5.53. The van der Waals surface area contributed by atoms with E-state index in [1.165, 1.54) is 0 Å². The molecule has 116 valence electrons. The normalized spacial score (nSPS) is 20.3. The van der Waals surface area contributed by atoms with E-state index in [4.69, 9.17) is 15.2 Å². The molecule has 0 bridgehead atoms. The molecule has 1 aromatic carbocycles. The lowest BCUT2D eigenvalue weighted by Crippen LogP contribution is -2.38. The fourth-order valence-corrected chi connectivity index (χ4v) is 3.48. The Balaban J connectivity index is 1.73. The maximum absolute atomic E-state index is 10.5. The highest BCUT2D eigenvalue weighted by Crippen LogP contribution is 2.33. The molecular weight excluding hydrogens is 268 g/mol. The van der Waals surface area contributed by atoms with Gasteiger partial charge in [0.1, 0.15) is 5.75 Å². The molecule has 0 aromatic heterocycles. The Morgan fingerprint density at radius 2 is 2.10 bits per heavy atom. The van der Waals surface area contributed by atoms with Crippen LogP contribution in [0.2, 0.25) is 0 Å². The van der Waals surface area contributed by atoms with Crippen molar-refractivity contribution < 1.29 is 14.6 Å². The Labute approximate surface area is 125 Å². The lowest BCUT2D eigenvalue weighted by atomic mass is 10.0. The summed E-state index contributed by atoms with van der Waals surface area (Å²) in [7, 11) is 2.03. The summed E-state index contributed by atoms with van der Waals surface area (Å²) in [5.41, 5.74) is 8.24. The van der Waals surface area contributed by atoms with Crippen LogP contribution in [0.25, 0.3) is 0 Å². The van der Waals surface area contributed by atoms with Gasteiger partial charge in [-0.25, -0.2) is 0 Å². The second kappa shape index (κ2) is 5.83. The quantitative estimate of drug-likeness (QED) is 0.829. The van der Waals surface area contributed by atoms with Crippen LogP contribution in [0.4, 0.5) is 5.69 Å². The Morgan fingerprint density at radius 1 is 1.33 bits per heavy atom. The zero-order valence-corrected chi connectivity index (χ0v) is 12.6. The Kier molecular flexibility index (Phi) is 4.06. The van der Waals surface area contributed by atoms with Gasteiger partial charge in [-0.15, -0.1) is 0 Å². The van der Waals surface area contributed by atoms with Crippen LogP contribution in [0.3, 0.4) is 0 Å². The third-order valence-corrected chi connectivity index (χ3v) is 4.35. The van der Waals surface area contributed by atoms with E-state index >= 15 is 0 Å². The zero-order chi connectivity index (χ0) is 14.9. The average Bonchev–Trinajstić information content (AvgIpc) is 2.84. The predicted octanol–water partition coefficient (Wildman–Crippen LogP) is 1.87. The van der Waals surface area contributed by atoms with E-state index in [9.17, 15) is 5.11 Å². The number of likely N-dealkylation sites (N-methyl/N-ethyl adjacent to an activating group) is 1. The van der Waals surface area contributed by atoms with Gasteiger partial charge in [0.25, 0.3) is 0 Å². The molecule has 0 amide bonds. The first-order valence-corrected chi connectivity index (χ1v) is 7.58. The third-order valence-electron chi connectivity index (χ3n) is 4.35. The van der Waals surface area contributed by atoms with Crippen LogP contribution in [-0.2, 0) is 17.9 Å². The van der Waals surface area contributed by atoms with Crippen LogP contribution >= 0.6 is 0 Å². The van der Waals surface area contributed by atoms with Crippen LogP contribution in [-0.4, -0.2) is 36.0 Å². The molecule has 21 heavy (non-hydrogen) atoms. The van der Waals surface area contributed by atoms with Crippen molar-refractivity contribution in [1.29, 1.82) is 0 Å². The van der Waals surface area contributed by atoms with Gasteiger partial charge in [-0.3, -0.25) is 4.90 Å². The number of hydrogen-bond donors (Lipinski definition) is 2. The monoisotopic (exact) mass is 292 g/mol. The Morgan fingerprint density at radius 3 is 2.86 bits per heavy atom. The summed E-state index contributed by atoms with van der Waals surface area (Å²) in [6, 6.07) is 3.86. The molecule has 5 nitrogen and oxygen atoms in total. The van der Waals surface area contributed by atoms with Crippen molar-refractivity contribution in [1.82, 2.24) is 4.90 Å². The van der Waals surface area contributed by atoms with Crippen LogP contribution in [0.1, 0.15) is 36.8 Å². The SMILES string of the molecule is CN(Cc1cc(N)cc2c1OCOC2)CC1(O)CCCC1. The number of aliphatic hydroxyl groups is 1. The van der Waals surface area contributed by atoms with Crippen LogP contribution in [0.15, 0.2) is 12.1 Å². The van der Waals surface area contributed by atoms with E-state index in [0.29, 0.717) is 13.2 Å². The molecule has 0 spiro atoms. The number of nitrogens with two attached hydrogens (primary N) is 1. The molecule has 1 aliphatic carbocycles. The maximum Gasteiger partial charge on any atom is 0.189 e. The van der Waals surface area contributed by atoms with E-state index in [1.54, 1.807) is 0 Å². The number of rotatable bonds is 4. The summed E-state index contributed by atoms with van der Waals surface area (Å²) in [4.78, 5) is 2.15. The number of ether oxygens (including phenoxy) is 2. The fourth-order valence-electron chi connectivity index (χ4n) is 3.48. The standard InChI is InChI=1S/C16H24N2O3/c1-18(10-16(19)4-2-3-5-16)8-12-6-14(17)7-13-9-20-11-21-15(12)13/h6-7,19H,2-5,8-11,17H2,1H3. The molecule has 5 heteroatoms. The molecule has 0 unspecified atom stereocenters. The number of fused-ring (bicyclic) bond motifs is 1. The molecule has 1 fully saturated rings. The molecule has 0 saturated heterocycles. The molecule has 1 aromatic rings. The molecule has 0 atom stereocenters. The van der Waals surface area contributed by atoms with Gasteiger partial charge < -0.3 is 20.3 Å². The Hall–Kier alpha value is -1.30. The summed E-state index contributed by atoms with van der Waals surface area (Å²) in [6.07, 6.45) is 4.05. The summed E-state index contributed by atoms with van der Waals surface area (Å²) < 4.78 is 10.9. The minimum atomic E-state index is -0.529. The van der Waals surface area contributed by atoms with Crippen molar-refractivity contribution in [3.05, 3.63) is 23.3 Å². The topological polar surface area (TPSA) is 68.0 Å².